The van der Waals surface area contributed by atoms with Gasteiger partial charge in [-0.1, -0.05) is 0 Å². The van der Waals surface area contributed by atoms with E-state index in [-0.39, 0.29) is 11.9 Å². The SMILES string of the molecule is CCNC(=O)CCNCc1c(C(=O)OCC)cnn1C. The molecule has 0 atom stereocenters. The zero-order valence-electron chi connectivity index (χ0n) is 12.2. The molecule has 20 heavy (non-hydrogen) atoms. The van der Waals surface area contributed by atoms with E-state index in [2.05, 4.69) is 15.7 Å². The van der Waals surface area contributed by atoms with Gasteiger partial charge < -0.3 is 15.4 Å². The molecule has 0 aliphatic rings. The lowest BCUT2D eigenvalue weighted by Gasteiger charge is -2.08. The first-order valence-electron chi connectivity index (χ1n) is 6.75. The van der Waals surface area contributed by atoms with Crippen LogP contribution in [0.1, 0.15) is 36.3 Å². The Bertz CT molecular complexity index is 456. The second-order valence-corrected chi connectivity index (χ2v) is 4.23. The topological polar surface area (TPSA) is 85.2 Å². The Labute approximate surface area is 118 Å². The number of aryl methyl sites for hydroxylation is 1. The van der Waals surface area contributed by atoms with Gasteiger partial charge in [-0.15, -0.1) is 0 Å². The average Bonchev–Trinajstić information content (AvgIpc) is 2.77. The molecule has 1 aromatic rings. The van der Waals surface area contributed by atoms with Crippen LogP contribution in [0.15, 0.2) is 6.20 Å². The molecule has 0 saturated carbocycles. The fourth-order valence-corrected chi connectivity index (χ4v) is 1.75. The molecule has 0 unspecified atom stereocenters. The minimum absolute atomic E-state index is 0.00984. The molecule has 0 aliphatic heterocycles. The first-order valence-corrected chi connectivity index (χ1v) is 6.75. The molecule has 0 radical (unpaired) electrons. The maximum Gasteiger partial charge on any atom is 0.341 e. The van der Waals surface area contributed by atoms with Gasteiger partial charge in [-0.05, 0) is 13.8 Å². The summed E-state index contributed by atoms with van der Waals surface area (Å²) < 4.78 is 6.60. The van der Waals surface area contributed by atoms with E-state index < -0.39 is 0 Å². The van der Waals surface area contributed by atoms with Crippen LogP contribution in [0, 0.1) is 0 Å². The number of hydrogen-bond acceptors (Lipinski definition) is 5. The van der Waals surface area contributed by atoms with Gasteiger partial charge in [-0.3, -0.25) is 9.48 Å². The van der Waals surface area contributed by atoms with Crippen molar-refractivity contribution < 1.29 is 14.3 Å². The highest BCUT2D eigenvalue weighted by Gasteiger charge is 2.16. The summed E-state index contributed by atoms with van der Waals surface area (Å²) in [6.07, 6.45) is 1.90. The number of esters is 1. The molecule has 1 aromatic heterocycles. The number of hydrogen-bond donors (Lipinski definition) is 2. The quantitative estimate of drug-likeness (QED) is 0.526. The first-order chi connectivity index (χ1) is 9.60. The Kier molecular flexibility index (Phi) is 6.72. The molecule has 7 heteroatoms. The van der Waals surface area contributed by atoms with Crippen LogP contribution in [0.3, 0.4) is 0 Å². The molecule has 0 aliphatic carbocycles. The summed E-state index contributed by atoms with van der Waals surface area (Å²) in [5, 5.41) is 9.91. The number of carbonyl (C=O) groups is 2. The molecule has 112 valence electrons. The highest BCUT2D eigenvalue weighted by molar-refractivity contribution is 5.90. The van der Waals surface area contributed by atoms with Crippen molar-refractivity contribution in [2.75, 3.05) is 19.7 Å². The lowest BCUT2D eigenvalue weighted by molar-refractivity contribution is -0.120. The molecule has 1 heterocycles. The van der Waals surface area contributed by atoms with E-state index in [4.69, 9.17) is 4.74 Å². The van der Waals surface area contributed by atoms with Gasteiger partial charge in [0.25, 0.3) is 0 Å². The number of aromatic nitrogens is 2. The third kappa shape index (κ3) is 4.65. The monoisotopic (exact) mass is 282 g/mol. The van der Waals surface area contributed by atoms with Crippen molar-refractivity contribution in [1.82, 2.24) is 20.4 Å². The fourth-order valence-electron chi connectivity index (χ4n) is 1.75. The predicted octanol–water partition coefficient (Wildman–Crippen LogP) is 0.213. The van der Waals surface area contributed by atoms with Crippen molar-refractivity contribution in [3.8, 4) is 0 Å². The third-order valence-electron chi connectivity index (χ3n) is 2.75. The van der Waals surface area contributed by atoms with Crippen molar-refractivity contribution in [3.05, 3.63) is 17.5 Å². The van der Waals surface area contributed by atoms with E-state index in [1.165, 1.54) is 6.20 Å². The molecule has 0 saturated heterocycles. The second-order valence-electron chi connectivity index (χ2n) is 4.23. The molecular formula is C13H22N4O3. The van der Waals surface area contributed by atoms with Gasteiger partial charge in [0.1, 0.15) is 5.56 Å². The second kappa shape index (κ2) is 8.31. The van der Waals surface area contributed by atoms with Crippen LogP contribution in [0.5, 0.6) is 0 Å². The molecule has 0 fully saturated rings. The van der Waals surface area contributed by atoms with Gasteiger partial charge in [0.15, 0.2) is 0 Å². The average molecular weight is 282 g/mol. The van der Waals surface area contributed by atoms with Gasteiger partial charge >= 0.3 is 5.97 Å². The molecule has 1 amide bonds. The Morgan fingerprint density at radius 3 is 2.80 bits per heavy atom. The van der Waals surface area contributed by atoms with Gasteiger partial charge in [0.2, 0.25) is 5.91 Å². The van der Waals surface area contributed by atoms with E-state index in [1.807, 2.05) is 6.92 Å². The largest absolute Gasteiger partial charge is 0.462 e. The fraction of sp³-hybridized carbons (Fsp3) is 0.615. The Morgan fingerprint density at radius 2 is 2.15 bits per heavy atom. The summed E-state index contributed by atoms with van der Waals surface area (Å²) in [6.45, 7) is 5.61. The number of ether oxygens (including phenoxy) is 1. The lowest BCUT2D eigenvalue weighted by atomic mass is 10.2. The van der Waals surface area contributed by atoms with Crippen LogP contribution in [-0.4, -0.2) is 41.4 Å². The summed E-state index contributed by atoms with van der Waals surface area (Å²) in [5.41, 5.74) is 1.21. The standard InChI is InChI=1S/C13H22N4O3/c1-4-15-12(18)6-7-14-9-11-10(8-16-17(11)3)13(19)20-5-2/h8,14H,4-7,9H2,1-3H3,(H,15,18). The normalized spacial score (nSPS) is 10.3. The third-order valence-corrected chi connectivity index (χ3v) is 2.75. The van der Waals surface area contributed by atoms with Crippen molar-refractivity contribution in [2.24, 2.45) is 7.05 Å². The molecular weight excluding hydrogens is 260 g/mol. The zero-order valence-corrected chi connectivity index (χ0v) is 12.2. The molecule has 1 rings (SSSR count). The van der Waals surface area contributed by atoms with Crippen molar-refractivity contribution in [1.29, 1.82) is 0 Å². The van der Waals surface area contributed by atoms with Crippen LogP contribution in [-0.2, 0) is 23.1 Å². The van der Waals surface area contributed by atoms with Crippen LogP contribution in [0.4, 0.5) is 0 Å². The predicted molar refractivity (Wildman–Crippen MR) is 74.2 cm³/mol. The van der Waals surface area contributed by atoms with E-state index in [0.717, 1.165) is 5.69 Å². The molecule has 0 spiro atoms. The van der Waals surface area contributed by atoms with E-state index >= 15 is 0 Å². The number of amides is 1. The van der Waals surface area contributed by atoms with Crippen molar-refractivity contribution in [2.45, 2.75) is 26.8 Å². The van der Waals surface area contributed by atoms with E-state index in [0.29, 0.717) is 38.2 Å². The maximum absolute atomic E-state index is 11.7. The van der Waals surface area contributed by atoms with Gasteiger partial charge in [0.05, 0.1) is 18.5 Å². The van der Waals surface area contributed by atoms with Crippen LogP contribution < -0.4 is 10.6 Å². The van der Waals surface area contributed by atoms with E-state index in [9.17, 15) is 9.59 Å². The summed E-state index contributed by atoms with van der Waals surface area (Å²) in [7, 11) is 1.77. The lowest BCUT2D eigenvalue weighted by Crippen LogP contribution is -2.28. The zero-order chi connectivity index (χ0) is 15.0. The Balaban J connectivity index is 2.49. The number of rotatable bonds is 8. The smallest absolute Gasteiger partial charge is 0.341 e. The summed E-state index contributed by atoms with van der Waals surface area (Å²) in [5.74, 6) is -0.364. The Hall–Kier alpha value is -1.89. The van der Waals surface area contributed by atoms with Gasteiger partial charge in [-0.2, -0.15) is 5.10 Å². The molecule has 0 aromatic carbocycles. The van der Waals surface area contributed by atoms with Crippen LogP contribution in [0.25, 0.3) is 0 Å². The van der Waals surface area contributed by atoms with Gasteiger partial charge in [-0.25, -0.2) is 4.79 Å². The number of carbonyl (C=O) groups excluding carboxylic acids is 2. The maximum atomic E-state index is 11.7. The highest BCUT2D eigenvalue weighted by Crippen LogP contribution is 2.09. The molecule has 7 nitrogen and oxygen atoms in total. The minimum Gasteiger partial charge on any atom is -0.462 e. The van der Waals surface area contributed by atoms with E-state index in [1.54, 1.807) is 18.7 Å². The number of nitrogens with one attached hydrogen (secondary N) is 2. The summed E-state index contributed by atoms with van der Waals surface area (Å²) >= 11 is 0. The van der Waals surface area contributed by atoms with Crippen molar-refractivity contribution in [3.63, 3.8) is 0 Å². The van der Waals surface area contributed by atoms with Crippen molar-refractivity contribution >= 4 is 11.9 Å². The van der Waals surface area contributed by atoms with Crippen LogP contribution >= 0.6 is 0 Å². The summed E-state index contributed by atoms with van der Waals surface area (Å²) in [4.78, 5) is 23.0. The van der Waals surface area contributed by atoms with Gasteiger partial charge in [0, 0.05) is 33.1 Å². The molecule has 0 bridgehead atoms. The number of nitrogens with zero attached hydrogens (tertiary/aromatic N) is 2. The van der Waals surface area contributed by atoms with Crippen LogP contribution in [0.2, 0.25) is 0 Å². The minimum atomic E-state index is -0.374. The summed E-state index contributed by atoms with van der Waals surface area (Å²) in [6, 6.07) is 0. The first kappa shape index (κ1) is 16.2. The Morgan fingerprint density at radius 1 is 1.40 bits per heavy atom. The highest BCUT2D eigenvalue weighted by atomic mass is 16.5. The molecule has 2 N–H and O–H groups in total.